The zero-order chi connectivity index (χ0) is 17.3. The van der Waals surface area contributed by atoms with E-state index in [0.717, 1.165) is 37.3 Å². The number of likely N-dealkylation sites (tertiary alicyclic amines) is 1. The summed E-state index contributed by atoms with van der Waals surface area (Å²) in [4.78, 5) is 19.3. The summed E-state index contributed by atoms with van der Waals surface area (Å²) >= 11 is 0. The normalized spacial score (nSPS) is 19.9. The molecule has 1 aromatic carbocycles. The minimum atomic E-state index is -0.382. The molecule has 0 N–H and O–H groups in total. The summed E-state index contributed by atoms with van der Waals surface area (Å²) in [6.07, 6.45) is 1.70. The van der Waals surface area contributed by atoms with Gasteiger partial charge in [0.2, 0.25) is 0 Å². The fourth-order valence-electron chi connectivity index (χ4n) is 3.64. The summed E-state index contributed by atoms with van der Waals surface area (Å²) in [5.74, 6) is 1.46. The molecule has 1 fully saturated rings. The van der Waals surface area contributed by atoms with Crippen molar-refractivity contribution < 1.29 is 9.53 Å². The van der Waals surface area contributed by atoms with E-state index in [4.69, 9.17) is 9.72 Å². The minimum Gasteiger partial charge on any atom is -0.372 e. The molecule has 1 aliphatic rings. The average molecular weight is 329 g/mol. The smallest absolute Gasteiger partial charge is 0.251 e. The maximum absolute atomic E-state index is 12.5. The fraction of sp³-hybridized carbons (Fsp3) is 0.579. The number of methoxy groups -OCH3 is 1. The number of hydrogen-bond donors (Lipinski definition) is 0. The first-order valence-corrected chi connectivity index (χ1v) is 8.81. The first kappa shape index (κ1) is 17.0. The quantitative estimate of drug-likeness (QED) is 0.864. The van der Waals surface area contributed by atoms with Crippen LogP contribution in [0.3, 0.4) is 0 Å². The molecule has 130 valence electrons. The highest BCUT2D eigenvalue weighted by molar-refractivity contribution is 5.81. The number of hydrogen-bond acceptors (Lipinski definition) is 3. The SMILES string of the molecule is CO[C@@H](C)C(=O)N1CCC[C@@H](c2nc3ccccc3n2C(C)C)C1. The van der Waals surface area contributed by atoms with Crippen LogP contribution in [0.25, 0.3) is 11.0 Å². The van der Waals surface area contributed by atoms with Crippen LogP contribution in [0.2, 0.25) is 0 Å². The van der Waals surface area contributed by atoms with E-state index < -0.39 is 0 Å². The van der Waals surface area contributed by atoms with Gasteiger partial charge in [-0.05, 0) is 45.7 Å². The Morgan fingerprint density at radius 1 is 1.29 bits per heavy atom. The average Bonchev–Trinajstić information content (AvgIpc) is 3.00. The van der Waals surface area contributed by atoms with Gasteiger partial charge in [0, 0.05) is 32.2 Å². The number of piperidine rings is 1. The van der Waals surface area contributed by atoms with Crippen LogP contribution < -0.4 is 0 Å². The zero-order valence-electron chi connectivity index (χ0n) is 15.0. The lowest BCUT2D eigenvalue weighted by atomic mass is 9.96. The summed E-state index contributed by atoms with van der Waals surface area (Å²) in [7, 11) is 1.59. The van der Waals surface area contributed by atoms with Crippen molar-refractivity contribution in [3.63, 3.8) is 0 Å². The molecule has 0 radical (unpaired) electrons. The van der Waals surface area contributed by atoms with Crippen LogP contribution in [0.15, 0.2) is 24.3 Å². The van der Waals surface area contributed by atoms with Gasteiger partial charge in [-0.2, -0.15) is 0 Å². The Hall–Kier alpha value is -1.88. The van der Waals surface area contributed by atoms with Crippen molar-refractivity contribution in [3.05, 3.63) is 30.1 Å². The third-order valence-corrected chi connectivity index (χ3v) is 4.94. The third-order valence-electron chi connectivity index (χ3n) is 4.94. The van der Waals surface area contributed by atoms with Crippen molar-refractivity contribution in [1.82, 2.24) is 14.5 Å². The van der Waals surface area contributed by atoms with Gasteiger partial charge in [0.15, 0.2) is 0 Å². The summed E-state index contributed by atoms with van der Waals surface area (Å²) in [5, 5.41) is 0. The van der Waals surface area contributed by atoms with Gasteiger partial charge in [0.1, 0.15) is 11.9 Å². The van der Waals surface area contributed by atoms with E-state index in [0.29, 0.717) is 6.04 Å². The largest absolute Gasteiger partial charge is 0.372 e. The molecule has 1 amide bonds. The van der Waals surface area contributed by atoms with Crippen LogP contribution in [-0.2, 0) is 9.53 Å². The Morgan fingerprint density at radius 2 is 2.04 bits per heavy atom. The Bertz CT molecular complexity index is 722. The molecule has 1 aromatic heterocycles. The van der Waals surface area contributed by atoms with Crippen LogP contribution in [0, 0.1) is 0 Å². The van der Waals surface area contributed by atoms with Gasteiger partial charge >= 0.3 is 0 Å². The van der Waals surface area contributed by atoms with Crippen LogP contribution in [0.4, 0.5) is 0 Å². The highest BCUT2D eigenvalue weighted by atomic mass is 16.5. The van der Waals surface area contributed by atoms with Crippen LogP contribution in [0.1, 0.15) is 51.4 Å². The fourth-order valence-corrected chi connectivity index (χ4v) is 3.64. The van der Waals surface area contributed by atoms with Gasteiger partial charge in [0.05, 0.1) is 11.0 Å². The highest BCUT2D eigenvalue weighted by Crippen LogP contribution is 2.31. The lowest BCUT2D eigenvalue weighted by molar-refractivity contribution is -0.142. The van der Waals surface area contributed by atoms with E-state index >= 15 is 0 Å². The number of aromatic nitrogens is 2. The Balaban J connectivity index is 1.92. The first-order valence-electron chi connectivity index (χ1n) is 8.81. The van der Waals surface area contributed by atoms with Crippen LogP contribution >= 0.6 is 0 Å². The van der Waals surface area contributed by atoms with E-state index in [2.05, 4.69) is 36.6 Å². The molecule has 0 unspecified atom stereocenters. The predicted octanol–water partition coefficient (Wildman–Crippen LogP) is 3.36. The van der Waals surface area contributed by atoms with Gasteiger partial charge < -0.3 is 14.2 Å². The van der Waals surface area contributed by atoms with Crippen molar-refractivity contribution >= 4 is 16.9 Å². The van der Waals surface area contributed by atoms with Gasteiger partial charge in [0.25, 0.3) is 5.91 Å². The Morgan fingerprint density at radius 3 is 2.75 bits per heavy atom. The predicted molar refractivity (Wildman–Crippen MR) is 95.1 cm³/mol. The van der Waals surface area contributed by atoms with Crippen LogP contribution in [-0.4, -0.2) is 46.7 Å². The Labute approximate surface area is 143 Å². The number of nitrogens with zero attached hydrogens (tertiary/aromatic N) is 3. The summed E-state index contributed by atoms with van der Waals surface area (Å²) in [5.41, 5.74) is 2.21. The summed E-state index contributed by atoms with van der Waals surface area (Å²) in [6, 6.07) is 8.63. The molecule has 3 rings (SSSR count). The van der Waals surface area contributed by atoms with Crippen LogP contribution in [0.5, 0.6) is 0 Å². The molecule has 1 saturated heterocycles. The van der Waals surface area contributed by atoms with Crippen molar-refractivity contribution in [3.8, 4) is 0 Å². The molecule has 5 nitrogen and oxygen atoms in total. The number of amides is 1. The van der Waals surface area contributed by atoms with Crippen molar-refractivity contribution in [2.45, 2.75) is 51.7 Å². The summed E-state index contributed by atoms with van der Waals surface area (Å²) in [6.45, 7) is 7.73. The number of benzene rings is 1. The molecule has 1 aliphatic heterocycles. The van der Waals surface area contributed by atoms with Gasteiger partial charge in [-0.1, -0.05) is 12.1 Å². The van der Waals surface area contributed by atoms with Gasteiger partial charge in [-0.3, -0.25) is 4.79 Å². The molecule has 2 atom stereocenters. The molecule has 0 saturated carbocycles. The first-order chi connectivity index (χ1) is 11.5. The van der Waals surface area contributed by atoms with Crippen molar-refractivity contribution in [2.75, 3.05) is 20.2 Å². The van der Waals surface area contributed by atoms with Gasteiger partial charge in [-0.25, -0.2) is 4.98 Å². The number of imidazole rings is 1. The molecule has 5 heteroatoms. The van der Waals surface area contributed by atoms with Gasteiger partial charge in [-0.15, -0.1) is 0 Å². The Kier molecular flexibility index (Phi) is 4.90. The number of carbonyl (C=O) groups excluding carboxylic acids is 1. The topological polar surface area (TPSA) is 47.4 Å². The molecule has 24 heavy (non-hydrogen) atoms. The zero-order valence-corrected chi connectivity index (χ0v) is 15.0. The molecule has 0 spiro atoms. The number of para-hydroxylation sites is 2. The van der Waals surface area contributed by atoms with E-state index in [1.165, 1.54) is 5.52 Å². The molecular weight excluding hydrogens is 302 g/mol. The van der Waals surface area contributed by atoms with Crippen molar-refractivity contribution in [2.24, 2.45) is 0 Å². The third kappa shape index (κ3) is 3.05. The second kappa shape index (κ2) is 6.93. The van der Waals surface area contributed by atoms with E-state index in [9.17, 15) is 4.79 Å². The van der Waals surface area contributed by atoms with E-state index in [1.54, 1.807) is 7.11 Å². The van der Waals surface area contributed by atoms with E-state index in [-0.39, 0.29) is 17.9 Å². The molecule has 0 aliphatic carbocycles. The second-order valence-corrected chi connectivity index (χ2v) is 6.92. The van der Waals surface area contributed by atoms with E-state index in [1.807, 2.05) is 17.9 Å². The highest BCUT2D eigenvalue weighted by Gasteiger charge is 2.30. The molecular formula is C19H27N3O2. The van der Waals surface area contributed by atoms with Crippen molar-refractivity contribution in [1.29, 1.82) is 0 Å². The lowest BCUT2D eigenvalue weighted by Crippen LogP contribution is -2.44. The maximum atomic E-state index is 12.5. The number of fused-ring (bicyclic) bond motifs is 1. The lowest BCUT2D eigenvalue weighted by Gasteiger charge is -2.34. The second-order valence-electron chi connectivity index (χ2n) is 6.92. The summed E-state index contributed by atoms with van der Waals surface area (Å²) < 4.78 is 7.53. The number of rotatable bonds is 4. The number of ether oxygens (including phenoxy) is 1. The molecule has 2 aromatic rings. The number of carbonyl (C=O) groups is 1. The maximum Gasteiger partial charge on any atom is 0.251 e. The molecule has 2 heterocycles. The minimum absolute atomic E-state index is 0.0782. The standard InChI is InChI=1S/C19H27N3O2/c1-13(2)22-17-10-6-5-9-16(17)20-18(22)15-8-7-11-21(12-15)19(23)14(3)24-4/h5-6,9-10,13-15H,7-8,11-12H2,1-4H3/t14-,15+/m0/s1. The molecule has 0 bridgehead atoms. The monoisotopic (exact) mass is 329 g/mol.